The number of aliphatic hydroxyl groups is 1. The van der Waals surface area contributed by atoms with Crippen molar-refractivity contribution in [1.29, 1.82) is 0 Å². The van der Waals surface area contributed by atoms with Gasteiger partial charge in [0.1, 0.15) is 0 Å². The van der Waals surface area contributed by atoms with E-state index in [4.69, 9.17) is 5.73 Å². The van der Waals surface area contributed by atoms with Gasteiger partial charge in [-0.3, -0.25) is 9.78 Å². The molecule has 140 valence electrons. The molecule has 1 saturated carbocycles. The number of nitrogens with one attached hydrogen (secondary N) is 1. The number of carbonyl (C=O) groups is 1. The number of carbonyl (C=O) groups excluding carboxylic acids is 1. The Morgan fingerprint density at radius 3 is 2.78 bits per heavy atom. The summed E-state index contributed by atoms with van der Waals surface area (Å²) in [5, 5.41) is 18.0. The van der Waals surface area contributed by atoms with Gasteiger partial charge >= 0.3 is 0 Å². The second-order valence-electron chi connectivity index (χ2n) is 7.51. The number of amides is 1. The van der Waals surface area contributed by atoms with Gasteiger partial charge in [-0.1, -0.05) is 6.07 Å². The fourth-order valence-electron chi connectivity index (χ4n) is 3.67. The molecule has 7 nitrogen and oxygen atoms in total. The Hall–Kier alpha value is -2.93. The highest BCUT2D eigenvalue weighted by molar-refractivity contribution is 6.02. The molecule has 0 atom stereocenters. The summed E-state index contributed by atoms with van der Waals surface area (Å²) in [4.78, 5) is 16.1. The van der Waals surface area contributed by atoms with Crippen LogP contribution in [-0.4, -0.2) is 37.3 Å². The Kier molecular flexibility index (Phi) is 4.31. The Balaban J connectivity index is 1.73. The minimum absolute atomic E-state index is 0.172. The van der Waals surface area contributed by atoms with Crippen molar-refractivity contribution in [2.75, 3.05) is 5.32 Å². The van der Waals surface area contributed by atoms with Crippen LogP contribution in [0.1, 0.15) is 43.0 Å². The van der Waals surface area contributed by atoms with E-state index in [2.05, 4.69) is 15.4 Å². The Morgan fingerprint density at radius 2 is 2.11 bits per heavy atom. The molecule has 1 fully saturated rings. The summed E-state index contributed by atoms with van der Waals surface area (Å²) < 4.78 is 1.75. The van der Waals surface area contributed by atoms with Gasteiger partial charge in [0, 0.05) is 35.8 Å². The van der Waals surface area contributed by atoms with Gasteiger partial charge in [-0.25, -0.2) is 4.52 Å². The van der Waals surface area contributed by atoms with Gasteiger partial charge in [0.15, 0.2) is 0 Å². The first-order valence-electron chi connectivity index (χ1n) is 9.13. The first kappa shape index (κ1) is 17.5. The van der Waals surface area contributed by atoms with Crippen LogP contribution in [0.5, 0.6) is 0 Å². The van der Waals surface area contributed by atoms with E-state index in [0.717, 1.165) is 42.3 Å². The van der Waals surface area contributed by atoms with Gasteiger partial charge in [-0.05, 0) is 44.7 Å². The molecule has 3 aromatic rings. The normalized spacial score (nSPS) is 22.7. The molecular weight excluding hydrogens is 342 g/mol. The Morgan fingerprint density at radius 1 is 1.33 bits per heavy atom. The minimum Gasteiger partial charge on any atom is -0.390 e. The van der Waals surface area contributed by atoms with Crippen LogP contribution in [0.3, 0.4) is 0 Å². The zero-order chi connectivity index (χ0) is 19.0. The van der Waals surface area contributed by atoms with Crippen LogP contribution < -0.4 is 11.1 Å². The fourth-order valence-corrected chi connectivity index (χ4v) is 3.67. The van der Waals surface area contributed by atoms with Gasteiger partial charge in [0.25, 0.3) is 5.91 Å². The fraction of sp³-hybridized carbons (Fsp3) is 0.350. The van der Waals surface area contributed by atoms with Gasteiger partial charge in [0.05, 0.1) is 28.6 Å². The molecule has 0 aliphatic heterocycles. The van der Waals surface area contributed by atoms with Crippen molar-refractivity contribution in [2.24, 2.45) is 5.73 Å². The number of pyridine rings is 1. The lowest BCUT2D eigenvalue weighted by molar-refractivity contribution is 0.0196. The SMILES string of the molecule is C[C@]1(O)CC[C@@H](Nc2c(C(N)=O)cnn3cc(-c4cccnc4)cc23)CC1. The largest absolute Gasteiger partial charge is 0.390 e. The van der Waals surface area contributed by atoms with Crippen LogP contribution in [0.4, 0.5) is 5.69 Å². The topological polar surface area (TPSA) is 106 Å². The van der Waals surface area contributed by atoms with E-state index >= 15 is 0 Å². The predicted molar refractivity (Wildman–Crippen MR) is 103 cm³/mol. The van der Waals surface area contributed by atoms with Crippen molar-refractivity contribution in [3.8, 4) is 11.1 Å². The highest BCUT2D eigenvalue weighted by atomic mass is 16.3. The lowest BCUT2D eigenvalue weighted by Gasteiger charge is -2.34. The first-order valence-corrected chi connectivity index (χ1v) is 9.13. The zero-order valence-corrected chi connectivity index (χ0v) is 15.2. The molecule has 0 unspecified atom stereocenters. The lowest BCUT2D eigenvalue weighted by Crippen LogP contribution is -2.36. The molecule has 1 aliphatic carbocycles. The van der Waals surface area contributed by atoms with Crippen LogP contribution in [0.2, 0.25) is 0 Å². The Labute approximate surface area is 157 Å². The van der Waals surface area contributed by atoms with E-state index in [-0.39, 0.29) is 6.04 Å². The second kappa shape index (κ2) is 6.66. The third kappa shape index (κ3) is 3.50. The van der Waals surface area contributed by atoms with Gasteiger partial charge in [-0.2, -0.15) is 5.10 Å². The van der Waals surface area contributed by atoms with Crippen molar-refractivity contribution in [3.05, 3.63) is 48.5 Å². The molecule has 0 saturated heterocycles. The average molecular weight is 365 g/mol. The summed E-state index contributed by atoms with van der Waals surface area (Å²) in [6.45, 7) is 1.87. The van der Waals surface area contributed by atoms with Crippen molar-refractivity contribution in [1.82, 2.24) is 14.6 Å². The van der Waals surface area contributed by atoms with Crippen LogP contribution in [0.25, 0.3) is 16.6 Å². The molecule has 0 aromatic carbocycles. The molecule has 7 heteroatoms. The third-order valence-electron chi connectivity index (χ3n) is 5.31. The van der Waals surface area contributed by atoms with Crippen molar-refractivity contribution in [3.63, 3.8) is 0 Å². The summed E-state index contributed by atoms with van der Waals surface area (Å²) in [6, 6.07) is 6.02. The first-order chi connectivity index (χ1) is 12.9. The molecule has 4 N–H and O–H groups in total. The maximum atomic E-state index is 12.0. The quantitative estimate of drug-likeness (QED) is 0.659. The van der Waals surface area contributed by atoms with E-state index in [1.54, 1.807) is 16.9 Å². The highest BCUT2D eigenvalue weighted by Crippen LogP contribution is 2.33. The summed E-state index contributed by atoms with van der Waals surface area (Å²) in [6.07, 6.45) is 10.0. The standard InChI is InChI=1S/C20H23N5O2/c1-20(27)6-4-15(5-7-20)24-18-16(19(21)26)11-23-25-12-14(9-17(18)25)13-3-2-8-22-10-13/h2-3,8-12,15,24,27H,4-7H2,1H3,(H2,21,26)/t15-,20+. The van der Waals surface area contributed by atoms with E-state index in [0.29, 0.717) is 11.3 Å². The van der Waals surface area contributed by atoms with Crippen LogP contribution >= 0.6 is 0 Å². The Bertz CT molecular complexity index is 971. The zero-order valence-electron chi connectivity index (χ0n) is 15.2. The maximum Gasteiger partial charge on any atom is 0.252 e. The maximum absolute atomic E-state index is 12.0. The monoisotopic (exact) mass is 365 g/mol. The van der Waals surface area contributed by atoms with Crippen LogP contribution in [0.15, 0.2) is 43.0 Å². The number of anilines is 1. The van der Waals surface area contributed by atoms with E-state index in [9.17, 15) is 9.90 Å². The molecule has 1 amide bonds. The van der Waals surface area contributed by atoms with Crippen molar-refractivity contribution >= 4 is 17.1 Å². The molecule has 3 aromatic heterocycles. The highest BCUT2D eigenvalue weighted by Gasteiger charge is 2.29. The lowest BCUT2D eigenvalue weighted by atomic mass is 9.83. The summed E-state index contributed by atoms with van der Waals surface area (Å²) in [7, 11) is 0. The van der Waals surface area contributed by atoms with Crippen molar-refractivity contribution < 1.29 is 9.90 Å². The van der Waals surface area contributed by atoms with Crippen LogP contribution in [0, 0.1) is 0 Å². The number of rotatable bonds is 4. The number of nitrogens with zero attached hydrogens (tertiary/aromatic N) is 3. The van der Waals surface area contributed by atoms with E-state index in [1.165, 1.54) is 6.20 Å². The number of fused-ring (bicyclic) bond motifs is 1. The molecule has 27 heavy (non-hydrogen) atoms. The number of aromatic nitrogens is 3. The van der Waals surface area contributed by atoms with E-state index in [1.807, 2.05) is 31.3 Å². The third-order valence-corrected chi connectivity index (χ3v) is 5.31. The van der Waals surface area contributed by atoms with Gasteiger partial charge in [0.2, 0.25) is 0 Å². The smallest absolute Gasteiger partial charge is 0.252 e. The second-order valence-corrected chi connectivity index (χ2v) is 7.51. The van der Waals surface area contributed by atoms with Gasteiger partial charge in [-0.15, -0.1) is 0 Å². The number of hydrogen-bond acceptors (Lipinski definition) is 5. The van der Waals surface area contributed by atoms with Gasteiger partial charge < -0.3 is 16.2 Å². The molecule has 3 heterocycles. The number of hydrogen-bond donors (Lipinski definition) is 3. The predicted octanol–water partition coefficient (Wildman–Crippen LogP) is 2.60. The molecule has 1 aliphatic rings. The summed E-state index contributed by atoms with van der Waals surface area (Å²) in [5.74, 6) is -0.514. The van der Waals surface area contributed by atoms with Crippen LogP contribution in [-0.2, 0) is 0 Å². The van der Waals surface area contributed by atoms with E-state index < -0.39 is 11.5 Å². The number of nitrogens with two attached hydrogens (primary N) is 1. The molecule has 0 bridgehead atoms. The molecule has 0 radical (unpaired) electrons. The summed E-state index contributed by atoms with van der Waals surface area (Å²) in [5.41, 5.74) is 8.78. The molecular formula is C20H23N5O2. The minimum atomic E-state index is -0.610. The number of primary amides is 1. The van der Waals surface area contributed by atoms with Crippen molar-refractivity contribution in [2.45, 2.75) is 44.2 Å². The molecule has 4 rings (SSSR count). The molecule has 0 spiro atoms. The summed E-state index contributed by atoms with van der Waals surface area (Å²) >= 11 is 0. The average Bonchev–Trinajstić information content (AvgIpc) is 3.09.